The van der Waals surface area contributed by atoms with Crippen LogP contribution in [0.2, 0.25) is 0 Å². The number of nitrogens with zero attached hydrogens (tertiary/aromatic N) is 3. The number of fused-ring (bicyclic) bond motifs is 1. The molecule has 3 N–H and O–H groups in total. The number of hydrogen-bond acceptors (Lipinski definition) is 4. The lowest BCUT2D eigenvalue weighted by atomic mass is 9.98. The van der Waals surface area contributed by atoms with Crippen molar-refractivity contribution in [2.24, 2.45) is 12.8 Å². The monoisotopic (exact) mass is 259 g/mol. The maximum atomic E-state index is 6.41. The van der Waals surface area contributed by atoms with Crippen LogP contribution >= 0.6 is 0 Å². The van der Waals surface area contributed by atoms with Crippen LogP contribution in [-0.2, 0) is 7.05 Å². The van der Waals surface area contributed by atoms with Crippen LogP contribution in [0, 0.1) is 0 Å². The Labute approximate surface area is 113 Å². The van der Waals surface area contributed by atoms with Crippen LogP contribution in [0.4, 0.5) is 0 Å². The Morgan fingerprint density at radius 1 is 1.42 bits per heavy atom. The van der Waals surface area contributed by atoms with Gasteiger partial charge in [-0.15, -0.1) is 0 Å². The minimum atomic E-state index is 0.00848. The van der Waals surface area contributed by atoms with Crippen molar-refractivity contribution in [2.45, 2.75) is 12.1 Å². The first kappa shape index (κ1) is 12.6. The van der Waals surface area contributed by atoms with E-state index in [1.165, 1.54) is 0 Å². The van der Waals surface area contributed by atoms with Gasteiger partial charge >= 0.3 is 0 Å². The number of imidazole rings is 1. The number of aromatic nitrogens is 2. The van der Waals surface area contributed by atoms with Crippen molar-refractivity contribution in [2.75, 3.05) is 26.7 Å². The molecular weight excluding hydrogens is 238 g/mol. The summed E-state index contributed by atoms with van der Waals surface area (Å²) in [7, 11) is 4.15. The third-order valence-electron chi connectivity index (χ3n) is 3.98. The van der Waals surface area contributed by atoms with Gasteiger partial charge in [-0.2, -0.15) is 0 Å². The summed E-state index contributed by atoms with van der Waals surface area (Å²) in [6, 6.07) is 6.64. The molecule has 1 aromatic heterocycles. The number of rotatable bonds is 2. The highest BCUT2D eigenvalue weighted by Crippen LogP contribution is 2.21. The number of nitrogens with one attached hydrogen (secondary N) is 1. The molecule has 0 aliphatic carbocycles. The van der Waals surface area contributed by atoms with E-state index in [-0.39, 0.29) is 6.04 Å². The number of likely N-dealkylation sites (N-methyl/N-ethyl adjacent to an activating group) is 1. The van der Waals surface area contributed by atoms with E-state index in [0.29, 0.717) is 6.04 Å². The molecule has 1 saturated heterocycles. The maximum Gasteiger partial charge on any atom is 0.0955 e. The van der Waals surface area contributed by atoms with Gasteiger partial charge in [-0.25, -0.2) is 4.98 Å². The standard InChI is InChI=1S/C14H21N5/c1-18-6-5-16-12(8-18)14(15)10-3-4-13-11(7-10)17-9-19(13)2/h3-4,7,9,12,14,16H,5-6,8,15H2,1-2H3. The van der Waals surface area contributed by atoms with E-state index in [4.69, 9.17) is 5.73 Å². The second-order valence-corrected chi connectivity index (χ2v) is 5.45. The largest absolute Gasteiger partial charge is 0.334 e. The van der Waals surface area contributed by atoms with E-state index in [0.717, 1.165) is 36.2 Å². The van der Waals surface area contributed by atoms with Gasteiger partial charge in [0, 0.05) is 38.8 Å². The van der Waals surface area contributed by atoms with E-state index in [9.17, 15) is 0 Å². The SMILES string of the molecule is CN1CCNC(C(N)c2ccc3c(c2)ncn3C)C1. The third-order valence-corrected chi connectivity index (χ3v) is 3.98. The molecule has 5 nitrogen and oxygen atoms in total. The molecule has 102 valence electrons. The molecule has 5 heteroatoms. The minimum Gasteiger partial charge on any atom is -0.334 e. The van der Waals surface area contributed by atoms with Crippen molar-refractivity contribution >= 4 is 11.0 Å². The summed E-state index contributed by atoms with van der Waals surface area (Å²) in [5.41, 5.74) is 9.71. The van der Waals surface area contributed by atoms with E-state index in [2.05, 4.69) is 40.4 Å². The number of hydrogen-bond donors (Lipinski definition) is 2. The Morgan fingerprint density at radius 2 is 2.26 bits per heavy atom. The van der Waals surface area contributed by atoms with E-state index >= 15 is 0 Å². The predicted octanol–water partition coefficient (Wildman–Crippen LogP) is 0.477. The second-order valence-electron chi connectivity index (χ2n) is 5.45. The van der Waals surface area contributed by atoms with E-state index in [1.807, 2.05) is 17.9 Å². The molecule has 2 atom stereocenters. The molecule has 0 spiro atoms. The molecule has 0 amide bonds. The van der Waals surface area contributed by atoms with E-state index in [1.54, 1.807) is 0 Å². The van der Waals surface area contributed by atoms with Crippen LogP contribution in [0.3, 0.4) is 0 Å². The normalized spacial score (nSPS) is 22.8. The fourth-order valence-electron chi connectivity index (χ4n) is 2.77. The van der Waals surface area contributed by atoms with Crippen molar-refractivity contribution in [3.8, 4) is 0 Å². The van der Waals surface area contributed by atoms with Gasteiger partial charge in [0.15, 0.2) is 0 Å². The van der Waals surface area contributed by atoms with Gasteiger partial charge in [0.05, 0.1) is 17.4 Å². The van der Waals surface area contributed by atoms with Crippen molar-refractivity contribution in [3.05, 3.63) is 30.1 Å². The average Bonchev–Trinajstić information content (AvgIpc) is 2.79. The van der Waals surface area contributed by atoms with Crippen molar-refractivity contribution < 1.29 is 0 Å². The average molecular weight is 259 g/mol. The van der Waals surface area contributed by atoms with Crippen LogP contribution in [0.5, 0.6) is 0 Å². The van der Waals surface area contributed by atoms with Crippen LogP contribution < -0.4 is 11.1 Å². The molecule has 1 aliphatic heterocycles. The molecule has 1 fully saturated rings. The summed E-state index contributed by atoms with van der Waals surface area (Å²) in [5.74, 6) is 0. The molecule has 1 aromatic carbocycles. The molecule has 2 unspecified atom stereocenters. The zero-order valence-electron chi connectivity index (χ0n) is 11.5. The fourth-order valence-corrected chi connectivity index (χ4v) is 2.77. The Bertz CT molecular complexity index is 576. The highest BCUT2D eigenvalue weighted by molar-refractivity contribution is 5.76. The van der Waals surface area contributed by atoms with Crippen molar-refractivity contribution in [1.29, 1.82) is 0 Å². The molecule has 19 heavy (non-hydrogen) atoms. The topological polar surface area (TPSA) is 59.1 Å². The third kappa shape index (κ3) is 2.36. The fraction of sp³-hybridized carbons (Fsp3) is 0.500. The molecule has 3 rings (SSSR count). The Hall–Kier alpha value is -1.43. The lowest BCUT2D eigenvalue weighted by molar-refractivity contribution is 0.220. The van der Waals surface area contributed by atoms with Crippen molar-refractivity contribution in [1.82, 2.24) is 19.8 Å². The van der Waals surface area contributed by atoms with Crippen LogP contribution in [-0.4, -0.2) is 47.2 Å². The number of piperazine rings is 1. The summed E-state index contributed by atoms with van der Waals surface area (Å²) < 4.78 is 2.03. The Morgan fingerprint density at radius 3 is 3.05 bits per heavy atom. The molecule has 0 radical (unpaired) electrons. The first-order valence-corrected chi connectivity index (χ1v) is 6.73. The van der Waals surface area contributed by atoms with Crippen LogP contribution in [0.15, 0.2) is 24.5 Å². The molecular formula is C14H21N5. The summed E-state index contributed by atoms with van der Waals surface area (Å²) in [6.07, 6.45) is 1.84. The zero-order chi connectivity index (χ0) is 13.4. The molecule has 0 bridgehead atoms. The van der Waals surface area contributed by atoms with Crippen molar-refractivity contribution in [3.63, 3.8) is 0 Å². The minimum absolute atomic E-state index is 0.00848. The number of nitrogens with two attached hydrogens (primary N) is 1. The highest BCUT2D eigenvalue weighted by atomic mass is 15.2. The smallest absolute Gasteiger partial charge is 0.0955 e. The van der Waals surface area contributed by atoms with Gasteiger partial charge in [-0.3, -0.25) is 0 Å². The Balaban J connectivity index is 1.86. The van der Waals surface area contributed by atoms with Gasteiger partial charge < -0.3 is 20.5 Å². The van der Waals surface area contributed by atoms with Gasteiger partial charge in [0.1, 0.15) is 0 Å². The zero-order valence-corrected chi connectivity index (χ0v) is 11.5. The molecule has 2 heterocycles. The van der Waals surface area contributed by atoms with Gasteiger partial charge in [-0.05, 0) is 24.7 Å². The summed E-state index contributed by atoms with van der Waals surface area (Å²) in [6.45, 7) is 3.07. The lowest BCUT2D eigenvalue weighted by Crippen LogP contribution is -2.53. The van der Waals surface area contributed by atoms with Crippen LogP contribution in [0.25, 0.3) is 11.0 Å². The maximum absolute atomic E-state index is 6.41. The highest BCUT2D eigenvalue weighted by Gasteiger charge is 2.24. The van der Waals surface area contributed by atoms with E-state index < -0.39 is 0 Å². The number of aryl methyl sites for hydroxylation is 1. The second kappa shape index (κ2) is 4.92. The van der Waals surface area contributed by atoms with Gasteiger partial charge in [-0.1, -0.05) is 6.07 Å². The summed E-state index contributed by atoms with van der Waals surface area (Å²) in [4.78, 5) is 6.72. The lowest BCUT2D eigenvalue weighted by Gasteiger charge is -2.34. The predicted molar refractivity (Wildman–Crippen MR) is 76.9 cm³/mol. The summed E-state index contributed by atoms with van der Waals surface area (Å²) in [5, 5.41) is 3.51. The summed E-state index contributed by atoms with van der Waals surface area (Å²) >= 11 is 0. The Kier molecular flexibility index (Phi) is 3.26. The molecule has 0 saturated carbocycles. The first-order chi connectivity index (χ1) is 9.15. The quantitative estimate of drug-likeness (QED) is 0.823. The molecule has 1 aliphatic rings. The molecule has 2 aromatic rings. The van der Waals surface area contributed by atoms with Crippen LogP contribution in [0.1, 0.15) is 11.6 Å². The van der Waals surface area contributed by atoms with Gasteiger partial charge in [0.25, 0.3) is 0 Å². The van der Waals surface area contributed by atoms with Gasteiger partial charge in [0.2, 0.25) is 0 Å². The first-order valence-electron chi connectivity index (χ1n) is 6.73. The number of benzene rings is 1.